The summed E-state index contributed by atoms with van der Waals surface area (Å²) < 4.78 is 111. The predicted octanol–water partition coefficient (Wildman–Crippen LogP) is 9.99. The SMILES string of the molecule is COC(=O)CCCOc1cnc(N(Cc2cc(C(F)(F)F)cc(C(F)(F)F)c2)Cc2cc(OC)c(OC)cc2-c2cc(C(C)C)cc(C(C)C)c2OC)nc1. The van der Waals surface area contributed by atoms with Gasteiger partial charge in [0.05, 0.1) is 58.6 Å². The van der Waals surface area contributed by atoms with Crippen LogP contribution in [-0.2, 0) is 35.0 Å². The van der Waals surface area contributed by atoms with E-state index in [2.05, 4.69) is 34.6 Å². The van der Waals surface area contributed by atoms with E-state index in [1.165, 1.54) is 38.6 Å². The summed E-state index contributed by atoms with van der Waals surface area (Å²) >= 11 is 0. The van der Waals surface area contributed by atoms with Gasteiger partial charge in [-0.25, -0.2) is 9.97 Å². The normalized spacial score (nSPS) is 11.9. The third-order valence-corrected chi connectivity index (χ3v) is 8.83. The molecule has 9 nitrogen and oxygen atoms in total. The van der Waals surface area contributed by atoms with Gasteiger partial charge in [0.2, 0.25) is 5.95 Å². The molecule has 298 valence electrons. The number of anilines is 1. The van der Waals surface area contributed by atoms with Crippen LogP contribution in [0.15, 0.2) is 54.9 Å². The third-order valence-electron chi connectivity index (χ3n) is 8.83. The average Bonchev–Trinajstić information content (AvgIpc) is 3.14. The molecule has 0 unspecified atom stereocenters. The summed E-state index contributed by atoms with van der Waals surface area (Å²) in [4.78, 5) is 21.7. The molecule has 15 heteroatoms. The molecule has 0 bridgehead atoms. The van der Waals surface area contributed by atoms with Gasteiger partial charge < -0.3 is 28.6 Å². The van der Waals surface area contributed by atoms with Crippen molar-refractivity contribution in [1.29, 1.82) is 0 Å². The van der Waals surface area contributed by atoms with Gasteiger partial charge in [-0.3, -0.25) is 4.79 Å². The molecule has 4 rings (SSSR count). The largest absolute Gasteiger partial charge is 0.496 e. The zero-order valence-corrected chi connectivity index (χ0v) is 31.9. The Labute approximate surface area is 316 Å². The molecule has 0 radical (unpaired) electrons. The lowest BCUT2D eigenvalue weighted by molar-refractivity contribution is -0.143. The smallest absolute Gasteiger partial charge is 0.416 e. The lowest BCUT2D eigenvalue weighted by atomic mass is 9.88. The van der Waals surface area contributed by atoms with Gasteiger partial charge in [0, 0.05) is 25.1 Å². The van der Waals surface area contributed by atoms with Gasteiger partial charge in [0.1, 0.15) is 5.75 Å². The number of hydrogen-bond donors (Lipinski definition) is 0. The molecule has 0 aliphatic rings. The minimum atomic E-state index is -5.05. The number of aromatic nitrogens is 2. The maximum absolute atomic E-state index is 13.9. The number of alkyl halides is 6. The van der Waals surface area contributed by atoms with Crippen molar-refractivity contribution in [3.63, 3.8) is 0 Å². The molecule has 0 amide bonds. The highest BCUT2D eigenvalue weighted by atomic mass is 19.4. The molecule has 0 aliphatic heterocycles. The molecule has 0 atom stereocenters. The zero-order valence-electron chi connectivity index (χ0n) is 31.9. The first-order valence-corrected chi connectivity index (χ1v) is 17.4. The van der Waals surface area contributed by atoms with Crippen LogP contribution in [0.5, 0.6) is 23.0 Å². The molecule has 3 aromatic carbocycles. The van der Waals surface area contributed by atoms with Crippen LogP contribution in [0.25, 0.3) is 11.1 Å². The van der Waals surface area contributed by atoms with Crippen molar-refractivity contribution >= 4 is 11.9 Å². The van der Waals surface area contributed by atoms with E-state index in [-0.39, 0.29) is 54.7 Å². The first-order valence-electron chi connectivity index (χ1n) is 17.4. The van der Waals surface area contributed by atoms with Crippen LogP contribution in [0.1, 0.15) is 85.8 Å². The van der Waals surface area contributed by atoms with Crippen molar-refractivity contribution < 1.29 is 54.8 Å². The first-order chi connectivity index (χ1) is 25.9. The Morgan fingerprint density at radius 3 is 1.84 bits per heavy atom. The number of ether oxygens (including phenoxy) is 5. The van der Waals surface area contributed by atoms with E-state index in [9.17, 15) is 31.1 Å². The van der Waals surface area contributed by atoms with Crippen LogP contribution in [0, 0.1) is 0 Å². The Balaban J connectivity index is 1.92. The van der Waals surface area contributed by atoms with Crippen LogP contribution in [0.3, 0.4) is 0 Å². The standard InChI is InChI=1S/C40H45F6N3O6/c1-23(2)26-14-31(24(3)4)37(54-8)33(15-26)32-18-35(52-6)34(51-5)16-27(32)22-49(38-47-19-30(20-48-38)55-11-9-10-36(50)53-7)21-25-12-28(39(41,42)43)17-29(13-25)40(44,45)46/h12-20,23-24H,9-11,21-22H2,1-8H3. The maximum atomic E-state index is 13.9. The molecule has 4 aromatic rings. The number of nitrogens with zero attached hydrogens (tertiary/aromatic N) is 3. The van der Waals surface area contributed by atoms with Gasteiger partial charge in [0.15, 0.2) is 17.2 Å². The lowest BCUT2D eigenvalue weighted by Gasteiger charge is -2.27. The van der Waals surface area contributed by atoms with Crippen LogP contribution in [-0.4, -0.2) is 51.0 Å². The van der Waals surface area contributed by atoms with Crippen molar-refractivity contribution in [2.75, 3.05) is 39.9 Å². The van der Waals surface area contributed by atoms with E-state index in [0.717, 1.165) is 11.1 Å². The van der Waals surface area contributed by atoms with E-state index in [1.807, 2.05) is 19.9 Å². The minimum absolute atomic E-state index is 0.0145. The number of halogens is 6. The van der Waals surface area contributed by atoms with Crippen LogP contribution in [0.4, 0.5) is 32.3 Å². The molecule has 1 aromatic heterocycles. The Kier molecular flexibility index (Phi) is 13.9. The van der Waals surface area contributed by atoms with E-state index in [1.54, 1.807) is 19.2 Å². The lowest BCUT2D eigenvalue weighted by Crippen LogP contribution is -2.25. The molecule has 1 heterocycles. The summed E-state index contributed by atoms with van der Waals surface area (Å²) in [5.74, 6) is 1.31. The van der Waals surface area contributed by atoms with Gasteiger partial charge in [-0.1, -0.05) is 33.8 Å². The number of benzene rings is 3. The quantitative estimate of drug-likeness (QED) is 0.0626. The molecule has 0 saturated heterocycles. The Hall–Kier alpha value is -5.21. The van der Waals surface area contributed by atoms with Crippen LogP contribution in [0.2, 0.25) is 0 Å². The number of carbonyl (C=O) groups excluding carboxylic acids is 1. The second-order valence-electron chi connectivity index (χ2n) is 13.4. The van der Waals surface area contributed by atoms with Gasteiger partial charge in [0.25, 0.3) is 0 Å². The number of hydrogen-bond acceptors (Lipinski definition) is 9. The van der Waals surface area contributed by atoms with E-state index in [4.69, 9.17) is 18.9 Å². The molecule has 55 heavy (non-hydrogen) atoms. The summed E-state index contributed by atoms with van der Waals surface area (Å²) in [5, 5.41) is 0. The summed E-state index contributed by atoms with van der Waals surface area (Å²) in [6, 6.07) is 8.99. The highest BCUT2D eigenvalue weighted by Gasteiger charge is 2.37. The Bertz CT molecular complexity index is 1900. The van der Waals surface area contributed by atoms with E-state index in [0.29, 0.717) is 52.5 Å². The second-order valence-corrected chi connectivity index (χ2v) is 13.4. The summed E-state index contributed by atoms with van der Waals surface area (Å²) in [6.45, 7) is 7.76. The first kappa shape index (κ1) is 42.5. The molecule has 0 saturated carbocycles. The fourth-order valence-corrected chi connectivity index (χ4v) is 5.96. The predicted molar refractivity (Wildman–Crippen MR) is 195 cm³/mol. The zero-order chi connectivity index (χ0) is 40.7. The van der Waals surface area contributed by atoms with Crippen molar-refractivity contribution in [3.8, 4) is 34.1 Å². The third kappa shape index (κ3) is 10.7. The number of rotatable bonds is 16. The van der Waals surface area contributed by atoms with Crippen LogP contribution >= 0.6 is 0 Å². The van der Waals surface area contributed by atoms with Gasteiger partial charge in [-0.2, -0.15) is 26.3 Å². The van der Waals surface area contributed by atoms with Crippen molar-refractivity contribution in [1.82, 2.24) is 9.97 Å². The highest BCUT2D eigenvalue weighted by Crippen LogP contribution is 2.45. The molecular formula is C40H45F6N3O6. The van der Waals surface area contributed by atoms with Gasteiger partial charge in [-0.05, 0) is 82.5 Å². The number of carbonyl (C=O) groups is 1. The monoisotopic (exact) mass is 777 g/mol. The summed E-state index contributed by atoms with van der Waals surface area (Å²) in [6.07, 6.45) is -6.96. The summed E-state index contributed by atoms with van der Waals surface area (Å²) in [5.41, 5.74) is 0.660. The highest BCUT2D eigenvalue weighted by molar-refractivity contribution is 5.79. The second kappa shape index (κ2) is 17.9. The minimum Gasteiger partial charge on any atom is -0.496 e. The van der Waals surface area contributed by atoms with Gasteiger partial charge >= 0.3 is 18.3 Å². The van der Waals surface area contributed by atoms with Crippen molar-refractivity contribution in [3.05, 3.63) is 88.2 Å². The fourth-order valence-electron chi connectivity index (χ4n) is 5.96. The maximum Gasteiger partial charge on any atom is 0.416 e. The topological polar surface area (TPSA) is 92.2 Å². The fraction of sp³-hybridized carbons (Fsp3) is 0.425. The molecule has 0 aliphatic carbocycles. The number of esters is 1. The average molecular weight is 778 g/mol. The van der Waals surface area contributed by atoms with E-state index >= 15 is 0 Å². The number of methoxy groups -OCH3 is 4. The van der Waals surface area contributed by atoms with Gasteiger partial charge in [-0.15, -0.1) is 0 Å². The Morgan fingerprint density at radius 1 is 0.727 bits per heavy atom. The van der Waals surface area contributed by atoms with E-state index < -0.39 is 36.0 Å². The molecule has 0 N–H and O–H groups in total. The van der Waals surface area contributed by atoms with Crippen LogP contribution < -0.4 is 23.8 Å². The van der Waals surface area contributed by atoms with Crippen molar-refractivity contribution in [2.45, 2.75) is 77.8 Å². The molecule has 0 fully saturated rings. The molecule has 0 spiro atoms. The van der Waals surface area contributed by atoms with Crippen molar-refractivity contribution in [2.24, 2.45) is 0 Å². The molecular weight excluding hydrogens is 732 g/mol. The summed E-state index contributed by atoms with van der Waals surface area (Å²) in [7, 11) is 5.77. The Morgan fingerprint density at radius 2 is 1.33 bits per heavy atom.